The van der Waals surface area contributed by atoms with Gasteiger partial charge in [-0.1, -0.05) is 37.8 Å². The molecule has 1 aromatic rings. The van der Waals surface area contributed by atoms with Crippen LogP contribution in [-0.2, 0) is 6.54 Å². The van der Waals surface area contributed by atoms with Crippen LogP contribution in [0.15, 0.2) is 24.3 Å². The predicted octanol–water partition coefficient (Wildman–Crippen LogP) is 3.54. The smallest absolute Gasteiger partial charge is 0.335 e. The molecule has 1 aliphatic carbocycles. The van der Waals surface area contributed by atoms with Crippen LogP contribution in [0.4, 0.5) is 0 Å². The van der Waals surface area contributed by atoms with Crippen LogP contribution in [0, 0.1) is 0 Å². The van der Waals surface area contributed by atoms with Crippen LogP contribution in [0.5, 0.6) is 0 Å². The molecule has 0 atom stereocenters. The first-order chi connectivity index (χ1) is 9.16. The quantitative estimate of drug-likeness (QED) is 0.843. The summed E-state index contributed by atoms with van der Waals surface area (Å²) in [5, 5.41) is 9.02. The summed E-state index contributed by atoms with van der Waals surface area (Å²) in [5.41, 5.74) is 1.47. The molecule has 1 aliphatic rings. The minimum Gasteiger partial charge on any atom is -0.478 e. The van der Waals surface area contributed by atoms with Gasteiger partial charge in [-0.15, -0.1) is 0 Å². The van der Waals surface area contributed by atoms with E-state index in [9.17, 15) is 4.79 Å². The molecule has 1 N–H and O–H groups in total. The first-order valence-electron chi connectivity index (χ1n) is 7.19. The zero-order valence-electron chi connectivity index (χ0n) is 11.6. The molecule has 0 amide bonds. The molecular weight excluding hydrogens is 238 g/mol. The molecule has 0 aliphatic heterocycles. The van der Waals surface area contributed by atoms with Gasteiger partial charge in [0.05, 0.1) is 5.56 Å². The summed E-state index contributed by atoms with van der Waals surface area (Å²) in [4.78, 5) is 13.4. The number of aromatic carboxylic acids is 1. The highest BCUT2D eigenvalue weighted by molar-refractivity contribution is 5.87. The van der Waals surface area contributed by atoms with Crippen molar-refractivity contribution in [3.05, 3.63) is 35.4 Å². The molecule has 1 saturated carbocycles. The Balaban J connectivity index is 1.99. The second-order valence-corrected chi connectivity index (χ2v) is 5.57. The van der Waals surface area contributed by atoms with Crippen molar-refractivity contribution in [1.29, 1.82) is 0 Å². The maximum atomic E-state index is 11.0. The first kappa shape index (κ1) is 14.1. The van der Waals surface area contributed by atoms with Crippen LogP contribution in [0.1, 0.15) is 54.4 Å². The lowest BCUT2D eigenvalue weighted by molar-refractivity contribution is 0.0696. The fourth-order valence-corrected chi connectivity index (χ4v) is 2.92. The molecule has 0 unspecified atom stereocenters. The van der Waals surface area contributed by atoms with Crippen LogP contribution in [-0.4, -0.2) is 29.1 Å². The molecule has 0 saturated heterocycles. The normalized spacial score (nSPS) is 17.4. The van der Waals surface area contributed by atoms with Crippen molar-refractivity contribution >= 4 is 5.97 Å². The molecule has 1 aromatic carbocycles. The minimum absolute atomic E-state index is 0.381. The number of carboxylic acids is 1. The molecule has 0 spiro atoms. The average Bonchev–Trinajstić information content (AvgIpc) is 2.68. The summed E-state index contributed by atoms with van der Waals surface area (Å²) < 4.78 is 0. The Bertz CT molecular complexity index is 423. The van der Waals surface area contributed by atoms with E-state index in [1.54, 1.807) is 12.1 Å². The topological polar surface area (TPSA) is 40.5 Å². The highest BCUT2D eigenvalue weighted by Crippen LogP contribution is 2.22. The Morgan fingerprint density at radius 2 is 1.95 bits per heavy atom. The number of carbonyl (C=O) groups is 1. The summed E-state index contributed by atoms with van der Waals surface area (Å²) >= 11 is 0. The van der Waals surface area contributed by atoms with Gasteiger partial charge >= 0.3 is 5.97 Å². The highest BCUT2D eigenvalue weighted by atomic mass is 16.4. The zero-order valence-corrected chi connectivity index (χ0v) is 11.6. The maximum absolute atomic E-state index is 11.0. The zero-order chi connectivity index (χ0) is 13.7. The summed E-state index contributed by atoms with van der Waals surface area (Å²) in [7, 11) is 2.16. The Labute approximate surface area is 115 Å². The summed E-state index contributed by atoms with van der Waals surface area (Å²) in [5.74, 6) is -0.848. The van der Waals surface area contributed by atoms with Gasteiger partial charge in [-0.2, -0.15) is 0 Å². The lowest BCUT2D eigenvalue weighted by Gasteiger charge is -2.27. The van der Waals surface area contributed by atoms with Crippen molar-refractivity contribution in [2.24, 2.45) is 0 Å². The number of rotatable bonds is 4. The third-order valence-corrected chi connectivity index (χ3v) is 4.05. The first-order valence-corrected chi connectivity index (χ1v) is 7.19. The van der Waals surface area contributed by atoms with Gasteiger partial charge in [0.25, 0.3) is 0 Å². The molecule has 1 fully saturated rings. The second-order valence-electron chi connectivity index (χ2n) is 5.57. The Hall–Kier alpha value is -1.35. The van der Waals surface area contributed by atoms with Crippen molar-refractivity contribution in [2.75, 3.05) is 7.05 Å². The van der Waals surface area contributed by atoms with E-state index in [2.05, 4.69) is 11.9 Å². The van der Waals surface area contributed by atoms with Crippen LogP contribution in [0.3, 0.4) is 0 Å². The summed E-state index contributed by atoms with van der Waals surface area (Å²) in [6, 6.07) is 7.93. The molecule has 3 nitrogen and oxygen atoms in total. The third kappa shape index (κ3) is 4.06. The van der Waals surface area contributed by atoms with Crippen LogP contribution < -0.4 is 0 Å². The fourth-order valence-electron chi connectivity index (χ4n) is 2.92. The molecule has 0 bridgehead atoms. The molecule has 0 aromatic heterocycles. The number of hydrogen-bond acceptors (Lipinski definition) is 2. The van der Waals surface area contributed by atoms with E-state index >= 15 is 0 Å². The van der Waals surface area contributed by atoms with Gasteiger partial charge in [-0.25, -0.2) is 4.79 Å². The van der Waals surface area contributed by atoms with Gasteiger partial charge in [0, 0.05) is 12.6 Å². The van der Waals surface area contributed by atoms with Crippen molar-refractivity contribution in [3.63, 3.8) is 0 Å². The Kier molecular flexibility index (Phi) is 4.97. The fraction of sp³-hybridized carbons (Fsp3) is 0.562. The SMILES string of the molecule is CN(Cc1cccc(C(=O)O)c1)C1CCCCCC1. The molecular formula is C16H23NO2. The predicted molar refractivity (Wildman–Crippen MR) is 76.4 cm³/mol. The minimum atomic E-state index is -0.848. The van der Waals surface area contributed by atoms with Gasteiger partial charge in [0.1, 0.15) is 0 Å². The maximum Gasteiger partial charge on any atom is 0.335 e. The number of benzene rings is 1. The van der Waals surface area contributed by atoms with E-state index in [4.69, 9.17) is 5.11 Å². The van der Waals surface area contributed by atoms with Crippen LogP contribution in [0.2, 0.25) is 0 Å². The van der Waals surface area contributed by atoms with Crippen LogP contribution in [0.25, 0.3) is 0 Å². The van der Waals surface area contributed by atoms with Crippen LogP contribution >= 0.6 is 0 Å². The highest BCUT2D eigenvalue weighted by Gasteiger charge is 2.17. The van der Waals surface area contributed by atoms with Gasteiger partial charge in [0.2, 0.25) is 0 Å². The van der Waals surface area contributed by atoms with Gasteiger partial charge in [-0.05, 0) is 37.6 Å². The largest absolute Gasteiger partial charge is 0.478 e. The molecule has 0 heterocycles. The van der Waals surface area contributed by atoms with E-state index in [0.29, 0.717) is 11.6 Å². The molecule has 2 rings (SSSR count). The molecule has 0 radical (unpaired) electrons. The van der Waals surface area contributed by atoms with E-state index in [-0.39, 0.29) is 0 Å². The summed E-state index contributed by atoms with van der Waals surface area (Å²) in [6.07, 6.45) is 7.91. The van der Waals surface area contributed by atoms with Crippen molar-refractivity contribution in [1.82, 2.24) is 4.90 Å². The van der Waals surface area contributed by atoms with Gasteiger partial charge < -0.3 is 5.11 Å². The van der Waals surface area contributed by atoms with E-state index < -0.39 is 5.97 Å². The third-order valence-electron chi connectivity index (χ3n) is 4.05. The van der Waals surface area contributed by atoms with E-state index in [1.165, 1.54) is 38.5 Å². The van der Waals surface area contributed by atoms with Gasteiger partial charge in [-0.3, -0.25) is 4.90 Å². The van der Waals surface area contributed by atoms with Crippen molar-refractivity contribution < 1.29 is 9.90 Å². The number of hydrogen-bond donors (Lipinski definition) is 1. The van der Waals surface area contributed by atoms with E-state index in [0.717, 1.165) is 12.1 Å². The average molecular weight is 261 g/mol. The number of nitrogens with zero attached hydrogens (tertiary/aromatic N) is 1. The summed E-state index contributed by atoms with van der Waals surface area (Å²) in [6.45, 7) is 0.839. The standard InChI is InChI=1S/C16H23NO2/c1-17(15-9-4-2-3-5-10-15)12-13-7-6-8-14(11-13)16(18)19/h6-8,11,15H,2-5,9-10,12H2,1H3,(H,18,19). The Morgan fingerprint density at radius 1 is 1.26 bits per heavy atom. The van der Waals surface area contributed by atoms with Crippen molar-refractivity contribution in [3.8, 4) is 0 Å². The van der Waals surface area contributed by atoms with Gasteiger partial charge in [0.15, 0.2) is 0 Å². The van der Waals surface area contributed by atoms with Crippen molar-refractivity contribution in [2.45, 2.75) is 51.1 Å². The molecule has 3 heteroatoms. The lowest BCUT2D eigenvalue weighted by atomic mass is 10.1. The molecule has 19 heavy (non-hydrogen) atoms. The Morgan fingerprint density at radius 3 is 2.58 bits per heavy atom. The van der Waals surface area contributed by atoms with E-state index in [1.807, 2.05) is 12.1 Å². The second kappa shape index (κ2) is 6.71. The monoisotopic (exact) mass is 261 g/mol. The lowest BCUT2D eigenvalue weighted by Crippen LogP contribution is -2.30. The molecule has 104 valence electrons. The number of carboxylic acid groups (broad SMARTS) is 1.